The Morgan fingerprint density at radius 3 is 1.82 bits per heavy atom. The summed E-state index contributed by atoms with van der Waals surface area (Å²) in [7, 11) is 0. The Kier molecular flexibility index (Phi) is 5.70. The number of nitrogens with zero attached hydrogens (tertiary/aromatic N) is 2. The molecule has 0 unspecified atom stereocenters. The summed E-state index contributed by atoms with van der Waals surface area (Å²) in [5, 5.41) is 12.6. The fraction of sp³-hybridized carbons (Fsp3) is 0. The van der Waals surface area contributed by atoms with Crippen molar-refractivity contribution in [1.29, 1.82) is 0 Å². The summed E-state index contributed by atoms with van der Waals surface area (Å²) in [5.74, 6) is 0. The first-order chi connectivity index (χ1) is 24.8. The van der Waals surface area contributed by atoms with E-state index >= 15 is 0 Å². The molecule has 0 aliphatic rings. The summed E-state index contributed by atoms with van der Waals surface area (Å²) >= 11 is 0. The van der Waals surface area contributed by atoms with Crippen LogP contribution in [0.5, 0.6) is 0 Å². The highest BCUT2D eigenvalue weighted by molar-refractivity contribution is 6.25. The van der Waals surface area contributed by atoms with Gasteiger partial charge >= 0.3 is 0 Å². The molecule has 11 aromatic rings. The molecule has 50 heavy (non-hydrogen) atoms. The van der Waals surface area contributed by atoms with E-state index < -0.39 is 0 Å². The molecule has 0 saturated heterocycles. The van der Waals surface area contributed by atoms with E-state index in [0.717, 1.165) is 5.69 Å². The SMILES string of the molecule is c1ccc(-n2c3cc4c(cc3c3c5ccccc5ccc32)c2ccccc2n4-c2ccc(-c3ccc4ccccc4c3)c3ccccc23)cc1. The molecule has 0 bridgehead atoms. The lowest BCUT2D eigenvalue weighted by Crippen LogP contribution is -1.97. The third kappa shape index (κ3) is 3.85. The first kappa shape index (κ1) is 27.3. The van der Waals surface area contributed by atoms with Crippen molar-refractivity contribution in [3.63, 3.8) is 0 Å². The van der Waals surface area contributed by atoms with Gasteiger partial charge in [0.25, 0.3) is 0 Å². The fourth-order valence-corrected chi connectivity index (χ4v) is 8.45. The summed E-state index contributed by atoms with van der Waals surface area (Å²) in [6.07, 6.45) is 0. The van der Waals surface area contributed by atoms with Gasteiger partial charge in [0.2, 0.25) is 0 Å². The van der Waals surface area contributed by atoms with Crippen LogP contribution in [0.2, 0.25) is 0 Å². The summed E-state index contributed by atoms with van der Waals surface area (Å²) in [5.41, 5.74) is 9.66. The average Bonchev–Trinajstić information content (AvgIpc) is 3.69. The first-order valence-electron chi connectivity index (χ1n) is 17.3. The highest BCUT2D eigenvalue weighted by Crippen LogP contribution is 2.43. The van der Waals surface area contributed by atoms with Gasteiger partial charge in [-0.15, -0.1) is 0 Å². The zero-order valence-corrected chi connectivity index (χ0v) is 27.2. The largest absolute Gasteiger partial charge is 0.309 e. The van der Waals surface area contributed by atoms with Crippen molar-refractivity contribution in [2.24, 2.45) is 0 Å². The van der Waals surface area contributed by atoms with E-state index in [9.17, 15) is 0 Å². The quantitative estimate of drug-likeness (QED) is 0.183. The van der Waals surface area contributed by atoms with Gasteiger partial charge in [0, 0.05) is 32.6 Å². The monoisotopic (exact) mass is 634 g/mol. The van der Waals surface area contributed by atoms with Crippen molar-refractivity contribution in [1.82, 2.24) is 9.13 Å². The van der Waals surface area contributed by atoms with Gasteiger partial charge in [-0.3, -0.25) is 0 Å². The molecule has 0 saturated carbocycles. The Morgan fingerprint density at radius 1 is 0.300 bits per heavy atom. The lowest BCUT2D eigenvalue weighted by molar-refractivity contribution is 1.17. The van der Waals surface area contributed by atoms with Gasteiger partial charge in [0.05, 0.1) is 27.8 Å². The van der Waals surface area contributed by atoms with Crippen LogP contribution in [-0.2, 0) is 0 Å². The zero-order valence-electron chi connectivity index (χ0n) is 27.2. The van der Waals surface area contributed by atoms with E-state index in [1.54, 1.807) is 0 Å². The summed E-state index contributed by atoms with van der Waals surface area (Å²) in [6.45, 7) is 0. The molecular formula is C48H30N2. The predicted octanol–water partition coefficient (Wildman–Crippen LogP) is 13.0. The summed E-state index contributed by atoms with van der Waals surface area (Å²) < 4.78 is 4.93. The van der Waals surface area contributed by atoms with Gasteiger partial charge in [0.1, 0.15) is 0 Å². The Labute approximate surface area is 288 Å². The van der Waals surface area contributed by atoms with E-state index in [1.807, 2.05) is 0 Å². The molecule has 0 aliphatic heterocycles. The molecule has 2 heteroatoms. The molecule has 0 aliphatic carbocycles. The molecule has 0 N–H and O–H groups in total. The predicted molar refractivity (Wildman–Crippen MR) is 213 cm³/mol. The number of benzene rings is 9. The fourth-order valence-electron chi connectivity index (χ4n) is 8.45. The molecule has 0 atom stereocenters. The Hall–Kier alpha value is -6.64. The maximum atomic E-state index is 2.49. The van der Waals surface area contributed by atoms with Gasteiger partial charge in [-0.2, -0.15) is 0 Å². The van der Waals surface area contributed by atoms with Crippen molar-refractivity contribution in [2.75, 3.05) is 0 Å². The minimum absolute atomic E-state index is 1.16. The van der Waals surface area contributed by atoms with Crippen LogP contribution in [0.15, 0.2) is 182 Å². The standard InChI is InChI=1S/C48H30N2/c1-2-15-35(16-3-1)49-45-26-24-32-13-6-7-17-37(32)48(45)42-29-41-40-20-10-11-21-43(40)50(46(41)30-47(42)49)44-27-25-36(38-18-8-9-19-39(38)44)34-23-22-31-12-4-5-14-33(31)28-34/h1-30H. The first-order valence-corrected chi connectivity index (χ1v) is 17.3. The van der Waals surface area contributed by atoms with Crippen LogP contribution in [0.4, 0.5) is 0 Å². The Bertz CT molecular complexity index is 3140. The van der Waals surface area contributed by atoms with Gasteiger partial charge in [-0.25, -0.2) is 0 Å². The lowest BCUT2D eigenvalue weighted by Gasteiger charge is -2.15. The smallest absolute Gasteiger partial charge is 0.0562 e. The minimum atomic E-state index is 1.16. The lowest BCUT2D eigenvalue weighted by atomic mass is 9.95. The molecule has 2 aromatic heterocycles. The summed E-state index contributed by atoms with van der Waals surface area (Å²) in [4.78, 5) is 0. The third-order valence-electron chi connectivity index (χ3n) is 10.7. The summed E-state index contributed by atoms with van der Waals surface area (Å²) in [6, 6.07) is 66.8. The van der Waals surface area contributed by atoms with E-state index in [1.165, 1.54) is 92.7 Å². The molecule has 0 radical (unpaired) electrons. The molecule has 232 valence electrons. The van der Waals surface area contributed by atoms with Gasteiger partial charge in [0.15, 0.2) is 0 Å². The average molecular weight is 635 g/mol. The second kappa shape index (κ2) is 10.4. The maximum absolute atomic E-state index is 2.49. The van der Waals surface area contributed by atoms with Crippen LogP contribution in [-0.4, -0.2) is 9.13 Å². The second-order valence-corrected chi connectivity index (χ2v) is 13.3. The van der Waals surface area contributed by atoms with Crippen LogP contribution in [0.25, 0.3) is 98.4 Å². The number of fused-ring (bicyclic) bond motifs is 10. The van der Waals surface area contributed by atoms with Crippen molar-refractivity contribution in [3.05, 3.63) is 182 Å². The van der Waals surface area contributed by atoms with Crippen LogP contribution in [0.1, 0.15) is 0 Å². The highest BCUT2D eigenvalue weighted by atomic mass is 15.0. The maximum Gasteiger partial charge on any atom is 0.0562 e. The Balaban J connectivity index is 1.25. The third-order valence-corrected chi connectivity index (χ3v) is 10.7. The number of rotatable bonds is 3. The molecular weight excluding hydrogens is 605 g/mol. The van der Waals surface area contributed by atoms with Gasteiger partial charge in [-0.05, 0) is 86.6 Å². The van der Waals surface area contributed by atoms with Crippen molar-refractivity contribution >= 4 is 75.9 Å². The van der Waals surface area contributed by atoms with Crippen LogP contribution >= 0.6 is 0 Å². The highest BCUT2D eigenvalue weighted by Gasteiger charge is 2.21. The Morgan fingerprint density at radius 2 is 0.960 bits per heavy atom. The number of para-hydroxylation sites is 2. The van der Waals surface area contributed by atoms with Gasteiger partial charge < -0.3 is 9.13 Å². The number of hydrogen-bond donors (Lipinski definition) is 0. The molecule has 9 aromatic carbocycles. The normalized spacial score (nSPS) is 12.0. The number of aromatic nitrogens is 2. The molecule has 11 rings (SSSR count). The van der Waals surface area contributed by atoms with Crippen LogP contribution < -0.4 is 0 Å². The van der Waals surface area contributed by atoms with Crippen molar-refractivity contribution in [3.8, 4) is 22.5 Å². The second-order valence-electron chi connectivity index (χ2n) is 13.3. The molecule has 0 spiro atoms. The molecule has 2 heterocycles. The molecule has 0 fully saturated rings. The molecule has 2 nitrogen and oxygen atoms in total. The van der Waals surface area contributed by atoms with E-state index in [0.29, 0.717) is 0 Å². The van der Waals surface area contributed by atoms with E-state index in [2.05, 4.69) is 191 Å². The van der Waals surface area contributed by atoms with Crippen LogP contribution in [0, 0.1) is 0 Å². The van der Waals surface area contributed by atoms with E-state index in [-0.39, 0.29) is 0 Å². The minimum Gasteiger partial charge on any atom is -0.309 e. The topological polar surface area (TPSA) is 9.86 Å². The number of hydrogen-bond acceptors (Lipinski definition) is 0. The molecule has 0 amide bonds. The van der Waals surface area contributed by atoms with E-state index in [4.69, 9.17) is 0 Å². The van der Waals surface area contributed by atoms with Crippen LogP contribution in [0.3, 0.4) is 0 Å². The zero-order chi connectivity index (χ0) is 32.8. The van der Waals surface area contributed by atoms with Crippen molar-refractivity contribution < 1.29 is 0 Å². The van der Waals surface area contributed by atoms with Crippen molar-refractivity contribution in [2.45, 2.75) is 0 Å². The van der Waals surface area contributed by atoms with Gasteiger partial charge in [-0.1, -0.05) is 133 Å².